The van der Waals surface area contributed by atoms with Crippen LogP contribution in [0, 0.1) is 11.3 Å². The molecule has 0 radical (unpaired) electrons. The van der Waals surface area contributed by atoms with Gasteiger partial charge in [0.25, 0.3) is 0 Å². The summed E-state index contributed by atoms with van der Waals surface area (Å²) in [4.78, 5) is 11.3. The lowest BCUT2D eigenvalue weighted by Crippen LogP contribution is -2.49. The van der Waals surface area contributed by atoms with Gasteiger partial charge in [-0.05, 0) is 32.1 Å². The van der Waals surface area contributed by atoms with Crippen molar-refractivity contribution in [2.45, 2.75) is 44.6 Å². The second kappa shape index (κ2) is 4.85. The molecule has 0 aromatic heterocycles. The Morgan fingerprint density at radius 1 is 1.50 bits per heavy atom. The molecule has 78 valence electrons. The quantitative estimate of drug-likeness (QED) is 0.717. The summed E-state index contributed by atoms with van der Waals surface area (Å²) in [5.41, 5.74) is -0.599. The lowest BCUT2D eigenvalue weighted by atomic mass is 10.0. The highest BCUT2D eigenvalue weighted by Crippen LogP contribution is 2.28. The fraction of sp³-hybridized carbons (Fsp3) is 0.800. The highest BCUT2D eigenvalue weighted by atomic mass is 16.2. The third-order valence-electron chi connectivity index (χ3n) is 2.56. The van der Waals surface area contributed by atoms with Crippen LogP contribution >= 0.6 is 0 Å². The minimum atomic E-state index is -0.599. The summed E-state index contributed by atoms with van der Waals surface area (Å²) in [6.45, 7) is 2.66. The van der Waals surface area contributed by atoms with Crippen molar-refractivity contribution in [2.75, 3.05) is 6.54 Å². The maximum atomic E-state index is 11.3. The molecule has 0 aliphatic heterocycles. The summed E-state index contributed by atoms with van der Waals surface area (Å²) in [5, 5.41) is 14.5. The Labute approximate surface area is 84.7 Å². The van der Waals surface area contributed by atoms with Gasteiger partial charge in [-0.25, -0.2) is 4.79 Å². The Hall–Kier alpha value is -1.24. The summed E-state index contributed by atoms with van der Waals surface area (Å²) in [6, 6.07) is 2.00. The second-order valence-electron chi connectivity index (χ2n) is 3.78. The summed E-state index contributed by atoms with van der Waals surface area (Å²) in [7, 11) is 0. The van der Waals surface area contributed by atoms with Crippen molar-refractivity contribution >= 4 is 6.03 Å². The molecule has 1 saturated carbocycles. The van der Waals surface area contributed by atoms with Crippen molar-refractivity contribution in [3.63, 3.8) is 0 Å². The van der Waals surface area contributed by atoms with Crippen molar-refractivity contribution < 1.29 is 4.79 Å². The second-order valence-corrected chi connectivity index (χ2v) is 3.78. The Morgan fingerprint density at radius 2 is 2.14 bits per heavy atom. The van der Waals surface area contributed by atoms with Gasteiger partial charge in [-0.3, -0.25) is 0 Å². The number of carbonyl (C=O) groups is 1. The Kier molecular flexibility index (Phi) is 3.75. The van der Waals surface area contributed by atoms with Crippen molar-refractivity contribution in [1.29, 1.82) is 5.26 Å². The van der Waals surface area contributed by atoms with Gasteiger partial charge in [0.05, 0.1) is 6.07 Å². The van der Waals surface area contributed by atoms with E-state index < -0.39 is 5.54 Å². The standard InChI is InChI=1S/C10H17N3O/c1-2-7-12-9(14)13-10(8-11)5-3-4-6-10/h2-7H2,1H3,(H2,12,13,14). The predicted octanol–water partition coefficient (Wildman–Crippen LogP) is 1.53. The van der Waals surface area contributed by atoms with E-state index >= 15 is 0 Å². The van der Waals surface area contributed by atoms with Gasteiger partial charge in [0, 0.05) is 6.54 Å². The zero-order chi connectivity index (χ0) is 10.4. The van der Waals surface area contributed by atoms with Crippen LogP contribution in [-0.4, -0.2) is 18.1 Å². The minimum absolute atomic E-state index is 0.213. The predicted molar refractivity (Wildman–Crippen MR) is 53.6 cm³/mol. The van der Waals surface area contributed by atoms with Gasteiger partial charge in [-0.2, -0.15) is 5.26 Å². The first-order valence-corrected chi connectivity index (χ1v) is 5.20. The number of rotatable bonds is 3. The number of hydrogen-bond donors (Lipinski definition) is 2. The average molecular weight is 195 g/mol. The van der Waals surface area contributed by atoms with Gasteiger partial charge in [-0.1, -0.05) is 6.92 Å². The van der Waals surface area contributed by atoms with Gasteiger partial charge < -0.3 is 10.6 Å². The number of amides is 2. The monoisotopic (exact) mass is 195 g/mol. The topological polar surface area (TPSA) is 64.9 Å². The molecule has 2 amide bonds. The van der Waals surface area contributed by atoms with Crippen molar-refractivity contribution in [2.24, 2.45) is 0 Å². The third kappa shape index (κ3) is 2.63. The van der Waals surface area contributed by atoms with Crippen LogP contribution in [0.4, 0.5) is 4.79 Å². The molecule has 2 N–H and O–H groups in total. The van der Waals surface area contributed by atoms with Crippen LogP contribution < -0.4 is 10.6 Å². The van der Waals surface area contributed by atoms with Crippen LogP contribution in [0.25, 0.3) is 0 Å². The molecule has 0 unspecified atom stereocenters. The zero-order valence-electron chi connectivity index (χ0n) is 8.60. The molecule has 1 aliphatic rings. The van der Waals surface area contributed by atoms with E-state index in [1.165, 1.54) is 0 Å². The van der Waals surface area contributed by atoms with Gasteiger partial charge in [-0.15, -0.1) is 0 Å². The van der Waals surface area contributed by atoms with Gasteiger partial charge >= 0.3 is 6.03 Å². The van der Waals surface area contributed by atoms with E-state index in [0.29, 0.717) is 6.54 Å². The maximum absolute atomic E-state index is 11.3. The van der Waals surface area contributed by atoms with Crippen molar-refractivity contribution in [3.05, 3.63) is 0 Å². The zero-order valence-corrected chi connectivity index (χ0v) is 8.60. The molecule has 0 aromatic carbocycles. The van der Waals surface area contributed by atoms with E-state index in [2.05, 4.69) is 16.7 Å². The maximum Gasteiger partial charge on any atom is 0.316 e. The first-order chi connectivity index (χ1) is 6.72. The van der Waals surface area contributed by atoms with E-state index in [0.717, 1.165) is 32.1 Å². The highest BCUT2D eigenvalue weighted by molar-refractivity contribution is 5.75. The molecular formula is C10H17N3O. The Bertz CT molecular complexity index is 238. The molecule has 14 heavy (non-hydrogen) atoms. The molecular weight excluding hydrogens is 178 g/mol. The molecule has 1 aliphatic carbocycles. The normalized spacial score (nSPS) is 18.6. The molecule has 0 spiro atoms. The molecule has 1 rings (SSSR count). The molecule has 0 aromatic rings. The number of carbonyl (C=O) groups excluding carboxylic acids is 1. The number of hydrogen-bond acceptors (Lipinski definition) is 2. The lowest BCUT2D eigenvalue weighted by Gasteiger charge is -2.21. The van der Waals surface area contributed by atoms with Gasteiger partial charge in [0.15, 0.2) is 0 Å². The number of nitrogens with zero attached hydrogens (tertiary/aromatic N) is 1. The Morgan fingerprint density at radius 3 is 2.64 bits per heavy atom. The van der Waals surface area contributed by atoms with E-state index in [-0.39, 0.29) is 6.03 Å². The number of nitriles is 1. The fourth-order valence-electron chi connectivity index (χ4n) is 1.74. The van der Waals surface area contributed by atoms with Crippen LogP contribution in [0.15, 0.2) is 0 Å². The van der Waals surface area contributed by atoms with E-state index in [1.807, 2.05) is 6.92 Å². The van der Waals surface area contributed by atoms with Gasteiger partial charge in [0.2, 0.25) is 0 Å². The highest BCUT2D eigenvalue weighted by Gasteiger charge is 2.35. The average Bonchev–Trinajstić information content (AvgIpc) is 2.64. The van der Waals surface area contributed by atoms with Crippen molar-refractivity contribution in [3.8, 4) is 6.07 Å². The summed E-state index contributed by atoms with van der Waals surface area (Å²) in [5.74, 6) is 0. The molecule has 0 heterocycles. The van der Waals surface area contributed by atoms with Crippen LogP contribution in [0.1, 0.15) is 39.0 Å². The SMILES string of the molecule is CCCNC(=O)NC1(C#N)CCCC1. The molecule has 4 heteroatoms. The summed E-state index contributed by atoms with van der Waals surface area (Å²) in [6.07, 6.45) is 4.53. The van der Waals surface area contributed by atoms with Gasteiger partial charge in [0.1, 0.15) is 5.54 Å². The van der Waals surface area contributed by atoms with E-state index in [4.69, 9.17) is 5.26 Å². The number of urea groups is 1. The van der Waals surface area contributed by atoms with Crippen LogP contribution in [-0.2, 0) is 0 Å². The molecule has 0 saturated heterocycles. The number of nitrogens with one attached hydrogen (secondary N) is 2. The largest absolute Gasteiger partial charge is 0.338 e. The first kappa shape index (κ1) is 10.8. The van der Waals surface area contributed by atoms with Crippen LogP contribution in [0.3, 0.4) is 0 Å². The minimum Gasteiger partial charge on any atom is -0.338 e. The lowest BCUT2D eigenvalue weighted by molar-refractivity contribution is 0.232. The third-order valence-corrected chi connectivity index (χ3v) is 2.56. The smallest absolute Gasteiger partial charge is 0.316 e. The van der Waals surface area contributed by atoms with Crippen LogP contribution in [0.2, 0.25) is 0 Å². The van der Waals surface area contributed by atoms with Crippen LogP contribution in [0.5, 0.6) is 0 Å². The summed E-state index contributed by atoms with van der Waals surface area (Å²) < 4.78 is 0. The molecule has 0 bridgehead atoms. The molecule has 1 fully saturated rings. The molecule has 4 nitrogen and oxygen atoms in total. The van der Waals surface area contributed by atoms with Crippen molar-refractivity contribution in [1.82, 2.24) is 10.6 Å². The van der Waals surface area contributed by atoms with E-state index in [1.54, 1.807) is 0 Å². The Balaban J connectivity index is 2.41. The molecule has 0 atom stereocenters. The van der Waals surface area contributed by atoms with E-state index in [9.17, 15) is 4.79 Å². The fourth-order valence-corrected chi connectivity index (χ4v) is 1.74. The summed E-state index contributed by atoms with van der Waals surface area (Å²) >= 11 is 0. The first-order valence-electron chi connectivity index (χ1n) is 5.20.